The lowest BCUT2D eigenvalue weighted by Gasteiger charge is -2.21. The van der Waals surface area contributed by atoms with Crippen molar-refractivity contribution in [1.82, 2.24) is 0 Å². The molecule has 3 nitrogen and oxygen atoms in total. The van der Waals surface area contributed by atoms with Crippen LogP contribution in [0, 0.1) is 11.3 Å². The maximum Gasteiger partial charge on any atom is 0.123 e. The van der Waals surface area contributed by atoms with Crippen LogP contribution in [-0.4, -0.2) is 20.4 Å². The Kier molecular flexibility index (Phi) is 27.2. The number of carbonyl (C=O) groups excluding carboxylic acids is 1. The molecule has 0 aliphatic rings. The van der Waals surface area contributed by atoms with Crippen molar-refractivity contribution in [2.24, 2.45) is 11.3 Å². The third-order valence-electron chi connectivity index (χ3n) is 2.95. The van der Waals surface area contributed by atoms with Gasteiger partial charge in [0.2, 0.25) is 0 Å². The van der Waals surface area contributed by atoms with E-state index in [1.54, 1.807) is 7.11 Å². The molecule has 24 heavy (non-hydrogen) atoms. The van der Waals surface area contributed by atoms with E-state index in [-0.39, 0.29) is 11.3 Å². The standard InChI is InChI=1S/C8H11NO.C7H14O.3C2H6/c1-9-7-3-5-8(10-2)6-4-7;1-6(5-8)7(2,3)4;3*1-2/h3-6,9H,1-2H3;5-6H,1-4H3;3*1-2H3. The van der Waals surface area contributed by atoms with Crippen molar-refractivity contribution in [2.45, 2.75) is 69.2 Å². The van der Waals surface area contributed by atoms with Gasteiger partial charge in [0.25, 0.3) is 0 Å². The van der Waals surface area contributed by atoms with E-state index >= 15 is 0 Å². The molecule has 1 rings (SSSR count). The molecule has 1 unspecified atom stereocenters. The van der Waals surface area contributed by atoms with Gasteiger partial charge in [0.15, 0.2) is 0 Å². The van der Waals surface area contributed by atoms with Gasteiger partial charge in [-0.25, -0.2) is 0 Å². The minimum atomic E-state index is 0.141. The molecule has 0 amide bonds. The Morgan fingerprint density at radius 1 is 0.958 bits per heavy atom. The molecule has 0 radical (unpaired) electrons. The highest BCUT2D eigenvalue weighted by atomic mass is 16.5. The molecule has 144 valence electrons. The number of aldehydes is 1. The molecule has 0 heterocycles. The summed E-state index contributed by atoms with van der Waals surface area (Å²) in [6.45, 7) is 20.1. The molecule has 0 saturated heterocycles. The zero-order chi connectivity index (χ0) is 20.2. The summed E-state index contributed by atoms with van der Waals surface area (Å²) in [6.07, 6.45) is 1.00. The fraction of sp³-hybridized carbons (Fsp3) is 0.667. The second-order valence-corrected chi connectivity index (χ2v) is 5.27. The van der Waals surface area contributed by atoms with E-state index in [9.17, 15) is 4.79 Å². The first kappa shape index (κ1) is 30.4. The van der Waals surface area contributed by atoms with Crippen LogP contribution < -0.4 is 10.1 Å². The Labute approximate surface area is 152 Å². The molecule has 1 atom stereocenters. The number of benzene rings is 1. The van der Waals surface area contributed by atoms with Gasteiger partial charge < -0.3 is 14.8 Å². The van der Waals surface area contributed by atoms with E-state index in [0.717, 1.165) is 17.7 Å². The van der Waals surface area contributed by atoms with Crippen molar-refractivity contribution in [3.8, 4) is 5.75 Å². The summed E-state index contributed by atoms with van der Waals surface area (Å²) < 4.78 is 4.99. The Balaban J connectivity index is -0.000000129. The van der Waals surface area contributed by atoms with Gasteiger partial charge in [0, 0.05) is 18.7 Å². The predicted octanol–water partition coefficient (Wildman–Crippen LogP) is 6.68. The summed E-state index contributed by atoms with van der Waals surface area (Å²) in [5, 5.41) is 3.02. The zero-order valence-corrected chi connectivity index (χ0v) is 18.3. The number of rotatable bonds is 3. The van der Waals surface area contributed by atoms with Crippen molar-refractivity contribution in [3.05, 3.63) is 24.3 Å². The number of carbonyl (C=O) groups is 1. The summed E-state index contributed by atoms with van der Waals surface area (Å²) >= 11 is 0. The molecule has 0 aromatic heterocycles. The van der Waals surface area contributed by atoms with E-state index in [2.05, 4.69) is 26.1 Å². The van der Waals surface area contributed by atoms with Gasteiger partial charge >= 0.3 is 0 Å². The van der Waals surface area contributed by atoms with Crippen LogP contribution in [-0.2, 0) is 4.79 Å². The topological polar surface area (TPSA) is 38.3 Å². The quantitative estimate of drug-likeness (QED) is 0.623. The van der Waals surface area contributed by atoms with Crippen molar-refractivity contribution in [3.63, 3.8) is 0 Å². The number of hydrogen-bond acceptors (Lipinski definition) is 3. The molecule has 0 saturated carbocycles. The molecule has 0 spiro atoms. The zero-order valence-electron chi connectivity index (χ0n) is 18.3. The van der Waals surface area contributed by atoms with Gasteiger partial charge in [-0.2, -0.15) is 0 Å². The first-order valence-electron chi connectivity index (χ1n) is 9.12. The fourth-order valence-corrected chi connectivity index (χ4v) is 0.962. The van der Waals surface area contributed by atoms with Crippen LogP contribution in [0.4, 0.5) is 5.69 Å². The van der Waals surface area contributed by atoms with Crippen LogP contribution in [0.25, 0.3) is 0 Å². The van der Waals surface area contributed by atoms with Crippen LogP contribution in [0.15, 0.2) is 24.3 Å². The summed E-state index contributed by atoms with van der Waals surface area (Å²) in [4.78, 5) is 10.2. The monoisotopic (exact) mass is 341 g/mol. The largest absolute Gasteiger partial charge is 0.497 e. The SMILES string of the molecule is CC.CC.CC.CC(C=O)C(C)(C)C.CNc1ccc(OC)cc1. The molecule has 0 aliphatic heterocycles. The van der Waals surface area contributed by atoms with Gasteiger partial charge in [0.1, 0.15) is 12.0 Å². The molecule has 0 bridgehead atoms. The Hall–Kier alpha value is -1.51. The summed E-state index contributed by atoms with van der Waals surface area (Å²) in [5.41, 5.74) is 1.24. The predicted molar refractivity (Wildman–Crippen MR) is 111 cm³/mol. The molecule has 1 aromatic rings. The molecule has 1 aromatic carbocycles. The average molecular weight is 342 g/mol. The smallest absolute Gasteiger partial charge is 0.123 e. The average Bonchev–Trinajstić information content (AvgIpc) is 2.65. The number of anilines is 1. The summed E-state index contributed by atoms with van der Waals surface area (Å²) in [6, 6.07) is 7.79. The van der Waals surface area contributed by atoms with Crippen molar-refractivity contribution >= 4 is 12.0 Å². The summed E-state index contributed by atoms with van der Waals surface area (Å²) in [5.74, 6) is 1.06. The lowest BCUT2D eigenvalue weighted by atomic mass is 9.83. The van der Waals surface area contributed by atoms with Gasteiger partial charge in [0.05, 0.1) is 7.11 Å². The molecule has 0 fully saturated rings. The second-order valence-electron chi connectivity index (χ2n) is 5.27. The highest BCUT2D eigenvalue weighted by molar-refractivity contribution is 5.53. The molecular formula is C21H43NO2. The number of hydrogen-bond donors (Lipinski definition) is 1. The van der Waals surface area contributed by atoms with E-state index in [0.29, 0.717) is 0 Å². The van der Waals surface area contributed by atoms with E-state index in [1.807, 2.05) is 79.8 Å². The maximum atomic E-state index is 10.2. The van der Waals surface area contributed by atoms with E-state index < -0.39 is 0 Å². The van der Waals surface area contributed by atoms with Crippen molar-refractivity contribution < 1.29 is 9.53 Å². The van der Waals surface area contributed by atoms with Gasteiger partial charge in [-0.05, 0) is 29.7 Å². The van der Waals surface area contributed by atoms with Gasteiger partial charge in [-0.3, -0.25) is 0 Å². The lowest BCUT2D eigenvalue weighted by Crippen LogP contribution is -2.17. The minimum absolute atomic E-state index is 0.141. The highest BCUT2D eigenvalue weighted by Crippen LogP contribution is 2.22. The maximum absolute atomic E-state index is 10.2. The number of ether oxygens (including phenoxy) is 1. The van der Waals surface area contributed by atoms with E-state index in [4.69, 9.17) is 4.74 Å². The van der Waals surface area contributed by atoms with Crippen LogP contribution >= 0.6 is 0 Å². The third kappa shape index (κ3) is 18.5. The normalized spacial score (nSPS) is 9.67. The first-order valence-corrected chi connectivity index (χ1v) is 9.12. The molecule has 3 heteroatoms. The van der Waals surface area contributed by atoms with Crippen LogP contribution in [0.1, 0.15) is 69.2 Å². The number of methoxy groups -OCH3 is 1. The van der Waals surface area contributed by atoms with Crippen LogP contribution in [0.3, 0.4) is 0 Å². The Bertz CT molecular complexity index is 317. The Morgan fingerprint density at radius 3 is 1.50 bits per heavy atom. The van der Waals surface area contributed by atoms with E-state index in [1.165, 1.54) is 0 Å². The third-order valence-corrected chi connectivity index (χ3v) is 2.95. The van der Waals surface area contributed by atoms with Gasteiger partial charge in [-0.1, -0.05) is 69.2 Å². The highest BCUT2D eigenvalue weighted by Gasteiger charge is 2.18. The molecule has 1 N–H and O–H groups in total. The summed E-state index contributed by atoms with van der Waals surface area (Å²) in [7, 11) is 3.55. The number of nitrogens with one attached hydrogen (secondary N) is 1. The van der Waals surface area contributed by atoms with Crippen molar-refractivity contribution in [2.75, 3.05) is 19.5 Å². The first-order chi connectivity index (χ1) is 11.3. The minimum Gasteiger partial charge on any atom is -0.497 e. The van der Waals surface area contributed by atoms with Crippen LogP contribution in [0.2, 0.25) is 0 Å². The Morgan fingerprint density at radius 2 is 1.33 bits per heavy atom. The van der Waals surface area contributed by atoms with Gasteiger partial charge in [-0.15, -0.1) is 0 Å². The van der Waals surface area contributed by atoms with Crippen LogP contribution in [0.5, 0.6) is 5.75 Å². The van der Waals surface area contributed by atoms with Crippen molar-refractivity contribution in [1.29, 1.82) is 0 Å². The second kappa shape index (κ2) is 21.5. The molecular weight excluding hydrogens is 298 g/mol. The molecule has 0 aliphatic carbocycles. The lowest BCUT2D eigenvalue weighted by molar-refractivity contribution is -0.113. The fourth-order valence-electron chi connectivity index (χ4n) is 0.962.